The summed E-state index contributed by atoms with van der Waals surface area (Å²) in [6, 6.07) is 7.02. The van der Waals surface area contributed by atoms with Crippen LogP contribution in [0.2, 0.25) is 0 Å². The van der Waals surface area contributed by atoms with Crippen molar-refractivity contribution >= 4 is 0 Å². The first-order chi connectivity index (χ1) is 7.22. The molecule has 2 rings (SSSR count). The molecule has 0 bridgehead atoms. The lowest BCUT2D eigenvalue weighted by molar-refractivity contribution is 0.338. The molecule has 1 aliphatic rings. The first-order valence-electron chi connectivity index (χ1n) is 5.71. The van der Waals surface area contributed by atoms with E-state index in [2.05, 4.69) is 37.4 Å². The minimum atomic E-state index is 0.565. The van der Waals surface area contributed by atoms with Crippen LogP contribution < -0.4 is 10.1 Å². The molecule has 2 nitrogen and oxygen atoms in total. The fourth-order valence-corrected chi connectivity index (χ4v) is 2.15. The summed E-state index contributed by atoms with van der Waals surface area (Å²) in [4.78, 5) is 0. The number of ether oxygens (including phenoxy) is 1. The van der Waals surface area contributed by atoms with Gasteiger partial charge >= 0.3 is 0 Å². The quantitative estimate of drug-likeness (QED) is 0.801. The highest BCUT2D eigenvalue weighted by Crippen LogP contribution is 2.30. The number of hydrogen-bond acceptors (Lipinski definition) is 2. The van der Waals surface area contributed by atoms with Crippen LogP contribution in [0.1, 0.15) is 37.8 Å². The predicted octanol–water partition coefficient (Wildman–Crippen LogP) is 2.68. The molecule has 2 heteroatoms. The van der Waals surface area contributed by atoms with Crippen LogP contribution >= 0.6 is 0 Å². The van der Waals surface area contributed by atoms with E-state index in [0.717, 1.165) is 18.9 Å². The monoisotopic (exact) mass is 205 g/mol. The molecule has 0 amide bonds. The third-order valence-corrected chi connectivity index (χ3v) is 3.28. The number of rotatable bonds is 2. The van der Waals surface area contributed by atoms with E-state index in [1.165, 1.54) is 11.1 Å². The Labute approximate surface area is 91.6 Å². The fraction of sp³-hybridized carbons (Fsp3) is 0.538. The molecule has 2 atom stereocenters. The van der Waals surface area contributed by atoms with Gasteiger partial charge in [-0.2, -0.15) is 0 Å². The zero-order chi connectivity index (χ0) is 10.8. The molecule has 0 saturated heterocycles. The van der Waals surface area contributed by atoms with Gasteiger partial charge in [0.1, 0.15) is 5.75 Å². The maximum atomic E-state index is 5.51. The van der Waals surface area contributed by atoms with Crippen LogP contribution in [0.5, 0.6) is 5.75 Å². The van der Waals surface area contributed by atoms with Crippen molar-refractivity contribution in [1.29, 1.82) is 0 Å². The minimum Gasteiger partial charge on any atom is -0.494 e. The van der Waals surface area contributed by atoms with Crippen molar-refractivity contribution in [3.63, 3.8) is 0 Å². The highest BCUT2D eigenvalue weighted by atomic mass is 16.5. The lowest BCUT2D eigenvalue weighted by Gasteiger charge is -2.30. The Morgan fingerprint density at radius 2 is 2.20 bits per heavy atom. The first-order valence-corrected chi connectivity index (χ1v) is 5.71. The van der Waals surface area contributed by atoms with E-state index >= 15 is 0 Å². The molecule has 2 unspecified atom stereocenters. The van der Waals surface area contributed by atoms with Gasteiger partial charge in [-0.15, -0.1) is 0 Å². The molecular weight excluding hydrogens is 186 g/mol. The standard InChI is InChI=1S/C13H19NO/c1-4-15-12-5-6-13-9(2)10(3)14-8-11(13)7-12/h5-7,9-10,14H,4,8H2,1-3H3. The van der Waals surface area contributed by atoms with Crippen molar-refractivity contribution in [2.24, 2.45) is 0 Å². The summed E-state index contributed by atoms with van der Waals surface area (Å²) < 4.78 is 5.51. The SMILES string of the molecule is CCOc1ccc2c(c1)CNC(C)C2C. The lowest BCUT2D eigenvalue weighted by atomic mass is 9.87. The van der Waals surface area contributed by atoms with E-state index in [9.17, 15) is 0 Å². The van der Waals surface area contributed by atoms with Crippen molar-refractivity contribution < 1.29 is 4.74 Å². The third-order valence-electron chi connectivity index (χ3n) is 3.28. The van der Waals surface area contributed by atoms with E-state index in [-0.39, 0.29) is 0 Å². The van der Waals surface area contributed by atoms with Gasteiger partial charge in [0, 0.05) is 12.6 Å². The van der Waals surface area contributed by atoms with Gasteiger partial charge in [-0.3, -0.25) is 0 Å². The van der Waals surface area contributed by atoms with Gasteiger partial charge in [-0.05, 0) is 43.0 Å². The third kappa shape index (κ3) is 2.00. The maximum Gasteiger partial charge on any atom is 0.119 e. The number of nitrogens with one attached hydrogen (secondary N) is 1. The van der Waals surface area contributed by atoms with Gasteiger partial charge in [-0.25, -0.2) is 0 Å². The Morgan fingerprint density at radius 1 is 1.40 bits per heavy atom. The van der Waals surface area contributed by atoms with Crippen molar-refractivity contribution in [3.8, 4) is 5.75 Å². The second kappa shape index (κ2) is 4.23. The molecule has 0 saturated carbocycles. The maximum absolute atomic E-state index is 5.51. The van der Waals surface area contributed by atoms with Crippen molar-refractivity contribution in [3.05, 3.63) is 29.3 Å². The summed E-state index contributed by atoms with van der Waals surface area (Å²) >= 11 is 0. The van der Waals surface area contributed by atoms with Gasteiger partial charge in [0.15, 0.2) is 0 Å². The normalized spacial score (nSPS) is 24.7. The highest BCUT2D eigenvalue weighted by molar-refractivity contribution is 5.39. The van der Waals surface area contributed by atoms with Gasteiger partial charge in [-0.1, -0.05) is 13.0 Å². The molecule has 1 aliphatic heterocycles. The Kier molecular flexibility index (Phi) is 2.96. The van der Waals surface area contributed by atoms with Crippen LogP contribution in [0.15, 0.2) is 18.2 Å². The van der Waals surface area contributed by atoms with Gasteiger partial charge in [0.2, 0.25) is 0 Å². The molecule has 1 aromatic rings. The summed E-state index contributed by atoms with van der Waals surface area (Å²) in [6.07, 6.45) is 0. The number of fused-ring (bicyclic) bond motifs is 1. The molecule has 15 heavy (non-hydrogen) atoms. The van der Waals surface area contributed by atoms with Crippen LogP contribution in [-0.4, -0.2) is 12.6 Å². The zero-order valence-electron chi connectivity index (χ0n) is 9.71. The van der Waals surface area contributed by atoms with Crippen LogP contribution in [0.25, 0.3) is 0 Å². The molecule has 1 heterocycles. The molecule has 1 N–H and O–H groups in total. The van der Waals surface area contributed by atoms with E-state index in [0.29, 0.717) is 12.0 Å². The van der Waals surface area contributed by atoms with Crippen LogP contribution in [0, 0.1) is 0 Å². The molecule has 0 aliphatic carbocycles. The van der Waals surface area contributed by atoms with Crippen LogP contribution in [0.3, 0.4) is 0 Å². The summed E-state index contributed by atoms with van der Waals surface area (Å²) in [5, 5.41) is 3.50. The van der Waals surface area contributed by atoms with E-state index < -0.39 is 0 Å². The van der Waals surface area contributed by atoms with E-state index in [1.807, 2.05) is 6.92 Å². The van der Waals surface area contributed by atoms with Crippen molar-refractivity contribution in [2.75, 3.05) is 6.61 Å². The van der Waals surface area contributed by atoms with Crippen LogP contribution in [0.4, 0.5) is 0 Å². The summed E-state index contributed by atoms with van der Waals surface area (Å²) in [6.45, 7) is 8.22. The molecule has 0 radical (unpaired) electrons. The Hall–Kier alpha value is -1.02. The zero-order valence-corrected chi connectivity index (χ0v) is 9.71. The topological polar surface area (TPSA) is 21.3 Å². The highest BCUT2D eigenvalue weighted by Gasteiger charge is 2.22. The summed E-state index contributed by atoms with van der Waals surface area (Å²) in [7, 11) is 0. The minimum absolute atomic E-state index is 0.565. The van der Waals surface area contributed by atoms with E-state index in [1.54, 1.807) is 0 Å². The molecule has 1 aromatic carbocycles. The summed E-state index contributed by atoms with van der Waals surface area (Å²) in [5.74, 6) is 1.57. The number of hydrogen-bond donors (Lipinski definition) is 1. The second-order valence-corrected chi connectivity index (χ2v) is 4.25. The first kappa shape index (κ1) is 10.5. The number of benzene rings is 1. The Morgan fingerprint density at radius 3 is 2.93 bits per heavy atom. The molecular formula is C13H19NO. The fourth-order valence-electron chi connectivity index (χ4n) is 2.15. The molecule has 82 valence electrons. The molecule has 0 aromatic heterocycles. The lowest BCUT2D eigenvalue weighted by Crippen LogP contribution is -2.35. The van der Waals surface area contributed by atoms with Crippen molar-refractivity contribution in [2.45, 2.75) is 39.3 Å². The van der Waals surface area contributed by atoms with Gasteiger partial charge in [0.25, 0.3) is 0 Å². The molecule has 0 fully saturated rings. The average molecular weight is 205 g/mol. The largest absolute Gasteiger partial charge is 0.494 e. The van der Waals surface area contributed by atoms with Gasteiger partial charge < -0.3 is 10.1 Å². The van der Waals surface area contributed by atoms with Gasteiger partial charge in [0.05, 0.1) is 6.61 Å². The average Bonchev–Trinajstić information content (AvgIpc) is 2.24. The van der Waals surface area contributed by atoms with E-state index in [4.69, 9.17) is 4.74 Å². The summed E-state index contributed by atoms with van der Waals surface area (Å²) in [5.41, 5.74) is 2.84. The van der Waals surface area contributed by atoms with Crippen LogP contribution in [-0.2, 0) is 6.54 Å². The molecule has 0 spiro atoms. The second-order valence-electron chi connectivity index (χ2n) is 4.25. The predicted molar refractivity (Wildman–Crippen MR) is 62.3 cm³/mol. The van der Waals surface area contributed by atoms with Crippen molar-refractivity contribution in [1.82, 2.24) is 5.32 Å². The Balaban J connectivity index is 2.30. The Bertz CT molecular complexity index is 348. The smallest absolute Gasteiger partial charge is 0.119 e.